The van der Waals surface area contributed by atoms with Crippen LogP contribution in [0.15, 0.2) is 24.3 Å². The monoisotopic (exact) mass is 263 g/mol. The molecular formula is C15H25N3O. The molecule has 4 nitrogen and oxygen atoms in total. The Morgan fingerprint density at radius 2 is 1.89 bits per heavy atom. The van der Waals surface area contributed by atoms with E-state index in [4.69, 9.17) is 5.73 Å². The van der Waals surface area contributed by atoms with Gasteiger partial charge in [-0.05, 0) is 24.1 Å². The molecule has 0 saturated heterocycles. The number of hydrogen-bond acceptors (Lipinski definition) is 2. The molecule has 4 N–H and O–H groups in total. The lowest BCUT2D eigenvalue weighted by Crippen LogP contribution is -2.30. The third kappa shape index (κ3) is 4.91. The van der Waals surface area contributed by atoms with Crippen LogP contribution in [0.1, 0.15) is 39.2 Å². The van der Waals surface area contributed by atoms with Crippen LogP contribution < -0.4 is 16.4 Å². The third-order valence-electron chi connectivity index (χ3n) is 3.25. The van der Waals surface area contributed by atoms with Gasteiger partial charge in [-0.3, -0.25) is 0 Å². The standard InChI is InChI=1S/C15H25N3O/c1-4-5-10-17-14(19)18-13-8-6-12(7-9-13)15(2,3)11-16/h6-9H,4-5,10-11,16H2,1-3H3,(H2,17,18,19). The van der Waals surface area contributed by atoms with Crippen molar-refractivity contribution < 1.29 is 4.79 Å². The molecule has 1 aromatic rings. The molecule has 0 aliphatic carbocycles. The fourth-order valence-corrected chi connectivity index (χ4v) is 1.68. The molecule has 0 fully saturated rings. The topological polar surface area (TPSA) is 67.2 Å². The summed E-state index contributed by atoms with van der Waals surface area (Å²) in [5.41, 5.74) is 7.68. The minimum atomic E-state index is -0.153. The van der Waals surface area contributed by atoms with E-state index in [1.54, 1.807) is 0 Å². The number of amides is 2. The Morgan fingerprint density at radius 1 is 1.26 bits per heavy atom. The Bertz CT molecular complexity index is 398. The highest BCUT2D eigenvalue weighted by Gasteiger charge is 2.17. The van der Waals surface area contributed by atoms with E-state index in [-0.39, 0.29) is 11.4 Å². The fourth-order valence-electron chi connectivity index (χ4n) is 1.68. The highest BCUT2D eigenvalue weighted by Crippen LogP contribution is 2.23. The number of benzene rings is 1. The quantitative estimate of drug-likeness (QED) is 0.691. The Kier molecular flexibility index (Phi) is 5.83. The molecule has 4 heteroatoms. The van der Waals surface area contributed by atoms with Crippen molar-refractivity contribution in [1.29, 1.82) is 0 Å². The van der Waals surface area contributed by atoms with Gasteiger partial charge in [-0.25, -0.2) is 4.79 Å². The van der Waals surface area contributed by atoms with Crippen LogP contribution >= 0.6 is 0 Å². The molecule has 0 heterocycles. The third-order valence-corrected chi connectivity index (χ3v) is 3.25. The van der Waals surface area contributed by atoms with E-state index in [1.807, 2.05) is 24.3 Å². The second-order valence-electron chi connectivity index (χ2n) is 5.40. The van der Waals surface area contributed by atoms with Crippen LogP contribution in [0.3, 0.4) is 0 Å². The molecule has 2 amide bonds. The molecule has 0 aliphatic rings. The number of hydrogen-bond donors (Lipinski definition) is 3. The van der Waals surface area contributed by atoms with Gasteiger partial charge in [-0.1, -0.05) is 39.3 Å². The van der Waals surface area contributed by atoms with Crippen LogP contribution in [0.5, 0.6) is 0 Å². The number of carbonyl (C=O) groups is 1. The fraction of sp³-hybridized carbons (Fsp3) is 0.533. The average Bonchev–Trinajstić information content (AvgIpc) is 2.39. The molecule has 0 spiro atoms. The van der Waals surface area contributed by atoms with E-state index in [0.717, 1.165) is 18.5 Å². The molecule has 0 atom stereocenters. The van der Waals surface area contributed by atoms with Crippen LogP contribution in [-0.2, 0) is 5.41 Å². The maximum Gasteiger partial charge on any atom is 0.319 e. The summed E-state index contributed by atoms with van der Waals surface area (Å²) in [4.78, 5) is 11.6. The first kappa shape index (κ1) is 15.5. The van der Waals surface area contributed by atoms with Gasteiger partial charge in [0, 0.05) is 24.2 Å². The van der Waals surface area contributed by atoms with Gasteiger partial charge < -0.3 is 16.4 Å². The van der Waals surface area contributed by atoms with Crippen LogP contribution in [0.4, 0.5) is 10.5 Å². The molecule has 0 radical (unpaired) electrons. The summed E-state index contributed by atoms with van der Waals surface area (Å²) < 4.78 is 0. The first-order chi connectivity index (χ1) is 8.99. The predicted molar refractivity (Wildman–Crippen MR) is 80.5 cm³/mol. The normalized spacial score (nSPS) is 11.2. The number of nitrogens with two attached hydrogens (primary N) is 1. The highest BCUT2D eigenvalue weighted by molar-refractivity contribution is 5.89. The van der Waals surface area contributed by atoms with Crippen molar-refractivity contribution in [2.24, 2.45) is 5.73 Å². The Hall–Kier alpha value is -1.55. The number of rotatable bonds is 6. The summed E-state index contributed by atoms with van der Waals surface area (Å²) in [6.07, 6.45) is 2.07. The lowest BCUT2D eigenvalue weighted by atomic mass is 9.85. The van der Waals surface area contributed by atoms with Crippen molar-refractivity contribution in [3.63, 3.8) is 0 Å². The zero-order chi connectivity index (χ0) is 14.3. The zero-order valence-electron chi connectivity index (χ0n) is 12.1. The largest absolute Gasteiger partial charge is 0.338 e. The van der Waals surface area contributed by atoms with Gasteiger partial charge in [-0.15, -0.1) is 0 Å². The van der Waals surface area contributed by atoms with Gasteiger partial charge in [-0.2, -0.15) is 0 Å². The van der Waals surface area contributed by atoms with Crippen LogP contribution in [-0.4, -0.2) is 19.1 Å². The second kappa shape index (κ2) is 7.14. The van der Waals surface area contributed by atoms with Gasteiger partial charge in [0.25, 0.3) is 0 Å². The molecule has 0 aliphatic heterocycles. The van der Waals surface area contributed by atoms with Crippen molar-refractivity contribution in [3.8, 4) is 0 Å². The first-order valence-electron chi connectivity index (χ1n) is 6.85. The van der Waals surface area contributed by atoms with Gasteiger partial charge in [0.1, 0.15) is 0 Å². The number of carbonyl (C=O) groups excluding carboxylic acids is 1. The van der Waals surface area contributed by atoms with Gasteiger partial charge in [0.2, 0.25) is 0 Å². The molecule has 0 unspecified atom stereocenters. The predicted octanol–water partition coefficient (Wildman–Crippen LogP) is 2.84. The Morgan fingerprint density at radius 3 is 2.42 bits per heavy atom. The summed E-state index contributed by atoms with van der Waals surface area (Å²) in [6, 6.07) is 7.68. The number of anilines is 1. The highest BCUT2D eigenvalue weighted by atomic mass is 16.2. The summed E-state index contributed by atoms with van der Waals surface area (Å²) >= 11 is 0. The van der Waals surface area contributed by atoms with Gasteiger partial charge in [0.05, 0.1) is 0 Å². The number of nitrogens with one attached hydrogen (secondary N) is 2. The second-order valence-corrected chi connectivity index (χ2v) is 5.40. The molecule has 19 heavy (non-hydrogen) atoms. The van der Waals surface area contributed by atoms with E-state index < -0.39 is 0 Å². The smallest absolute Gasteiger partial charge is 0.319 e. The first-order valence-corrected chi connectivity index (χ1v) is 6.85. The summed E-state index contributed by atoms with van der Waals surface area (Å²) in [5.74, 6) is 0. The van der Waals surface area contributed by atoms with Gasteiger partial charge in [0.15, 0.2) is 0 Å². The molecule has 1 rings (SSSR count). The Balaban J connectivity index is 2.55. The van der Waals surface area contributed by atoms with E-state index in [2.05, 4.69) is 31.4 Å². The summed E-state index contributed by atoms with van der Waals surface area (Å²) in [7, 11) is 0. The van der Waals surface area contributed by atoms with E-state index in [1.165, 1.54) is 5.56 Å². The van der Waals surface area contributed by atoms with Crippen molar-refractivity contribution in [2.45, 2.75) is 39.0 Å². The number of unbranched alkanes of at least 4 members (excludes halogenated alkanes) is 1. The van der Waals surface area contributed by atoms with Crippen molar-refractivity contribution in [1.82, 2.24) is 5.32 Å². The lowest BCUT2D eigenvalue weighted by molar-refractivity contribution is 0.252. The number of urea groups is 1. The van der Waals surface area contributed by atoms with E-state index in [0.29, 0.717) is 13.1 Å². The Labute approximate surface area is 115 Å². The molecule has 0 saturated carbocycles. The lowest BCUT2D eigenvalue weighted by Gasteiger charge is -2.23. The minimum absolute atomic E-state index is 0.0398. The van der Waals surface area contributed by atoms with Crippen molar-refractivity contribution in [3.05, 3.63) is 29.8 Å². The molecule has 0 aromatic heterocycles. The summed E-state index contributed by atoms with van der Waals surface area (Å²) in [6.45, 7) is 7.61. The minimum Gasteiger partial charge on any atom is -0.338 e. The van der Waals surface area contributed by atoms with Crippen LogP contribution in [0.2, 0.25) is 0 Å². The summed E-state index contributed by atoms with van der Waals surface area (Å²) in [5, 5.41) is 5.63. The van der Waals surface area contributed by atoms with E-state index >= 15 is 0 Å². The molecule has 1 aromatic carbocycles. The van der Waals surface area contributed by atoms with Crippen molar-refractivity contribution >= 4 is 11.7 Å². The maximum absolute atomic E-state index is 11.6. The maximum atomic E-state index is 11.6. The van der Waals surface area contributed by atoms with E-state index in [9.17, 15) is 4.79 Å². The molecule has 106 valence electrons. The SMILES string of the molecule is CCCCNC(=O)Nc1ccc(C(C)(C)CN)cc1. The van der Waals surface area contributed by atoms with Crippen LogP contribution in [0, 0.1) is 0 Å². The van der Waals surface area contributed by atoms with Crippen molar-refractivity contribution in [2.75, 3.05) is 18.4 Å². The average molecular weight is 263 g/mol. The zero-order valence-corrected chi connectivity index (χ0v) is 12.1. The van der Waals surface area contributed by atoms with Gasteiger partial charge >= 0.3 is 6.03 Å². The molecular weight excluding hydrogens is 238 g/mol. The molecule has 0 bridgehead atoms. The van der Waals surface area contributed by atoms with Crippen LogP contribution in [0.25, 0.3) is 0 Å².